The fraction of sp³-hybridized carbons (Fsp3) is 0.562. The van der Waals surface area contributed by atoms with Crippen LogP contribution in [0.3, 0.4) is 0 Å². The highest BCUT2D eigenvalue weighted by Gasteiger charge is 2.56. The fourth-order valence-electron chi connectivity index (χ4n) is 3.41. The van der Waals surface area contributed by atoms with Gasteiger partial charge in [-0.05, 0) is 37.5 Å². The van der Waals surface area contributed by atoms with Crippen LogP contribution in [0.2, 0.25) is 0 Å². The minimum absolute atomic E-state index is 0.0910. The highest BCUT2D eigenvalue weighted by molar-refractivity contribution is 9.10. The van der Waals surface area contributed by atoms with Crippen molar-refractivity contribution in [2.24, 2.45) is 5.41 Å². The Morgan fingerprint density at radius 2 is 2.00 bits per heavy atom. The molecule has 0 amide bonds. The number of aryl methyl sites for hydroxylation is 1. The zero-order chi connectivity index (χ0) is 13.5. The molecule has 3 rings (SSSR count). The van der Waals surface area contributed by atoms with Crippen LogP contribution in [-0.4, -0.2) is 11.9 Å². The van der Waals surface area contributed by atoms with Gasteiger partial charge in [-0.1, -0.05) is 41.3 Å². The van der Waals surface area contributed by atoms with Crippen LogP contribution in [0.25, 0.3) is 0 Å². The largest absolute Gasteiger partial charge is 0.489 e. The summed E-state index contributed by atoms with van der Waals surface area (Å²) in [5, 5.41) is 0. The molecule has 0 aromatic heterocycles. The molecule has 1 aromatic carbocycles. The first-order valence-corrected chi connectivity index (χ1v) is 7.87. The lowest BCUT2D eigenvalue weighted by Crippen LogP contribution is -2.57. The second kappa shape index (κ2) is 4.93. The van der Waals surface area contributed by atoms with Gasteiger partial charge in [0, 0.05) is 10.9 Å². The molecule has 0 bridgehead atoms. The van der Waals surface area contributed by atoms with Crippen LogP contribution in [0.1, 0.15) is 44.1 Å². The molecule has 0 heterocycles. The first kappa shape index (κ1) is 13.2. The van der Waals surface area contributed by atoms with E-state index in [0.717, 1.165) is 28.6 Å². The maximum Gasteiger partial charge on any atom is 0.146 e. The Kier molecular flexibility index (Phi) is 3.42. The number of hydrogen-bond acceptors (Lipinski definition) is 2. The SMILES string of the molecule is Cc1ccc(Br)cc1OC1CC(=O)C12CCCCC2. The Hall–Kier alpha value is -0.830. The highest BCUT2D eigenvalue weighted by Crippen LogP contribution is 2.50. The fourth-order valence-corrected chi connectivity index (χ4v) is 3.75. The maximum atomic E-state index is 12.1. The van der Waals surface area contributed by atoms with Crippen LogP contribution in [0.5, 0.6) is 5.75 Å². The Morgan fingerprint density at radius 1 is 1.26 bits per heavy atom. The van der Waals surface area contributed by atoms with E-state index in [2.05, 4.69) is 22.9 Å². The van der Waals surface area contributed by atoms with Gasteiger partial charge in [-0.2, -0.15) is 0 Å². The van der Waals surface area contributed by atoms with Crippen LogP contribution in [0, 0.1) is 12.3 Å². The van der Waals surface area contributed by atoms with Crippen LogP contribution in [0.4, 0.5) is 0 Å². The normalized spacial score (nSPS) is 25.2. The number of carbonyl (C=O) groups excluding carboxylic acids is 1. The first-order chi connectivity index (χ1) is 9.12. The van der Waals surface area contributed by atoms with Crippen molar-refractivity contribution in [1.82, 2.24) is 0 Å². The van der Waals surface area contributed by atoms with Gasteiger partial charge in [0.05, 0.1) is 5.41 Å². The molecule has 2 fully saturated rings. The second-order valence-corrected chi connectivity index (χ2v) is 6.78. The summed E-state index contributed by atoms with van der Waals surface area (Å²) in [5.74, 6) is 1.33. The molecular formula is C16H19BrO2. The first-order valence-electron chi connectivity index (χ1n) is 7.08. The standard InChI is InChI=1S/C16H19BrO2/c1-11-5-6-12(17)9-13(11)19-15-10-14(18)16(15)7-3-2-4-8-16/h5-6,9,15H,2-4,7-8,10H2,1H3. The lowest BCUT2D eigenvalue weighted by Gasteiger charge is -2.49. The Morgan fingerprint density at radius 3 is 2.68 bits per heavy atom. The van der Waals surface area contributed by atoms with Gasteiger partial charge in [0.1, 0.15) is 17.6 Å². The molecule has 1 unspecified atom stereocenters. The van der Waals surface area contributed by atoms with Gasteiger partial charge in [-0.3, -0.25) is 4.79 Å². The summed E-state index contributed by atoms with van der Waals surface area (Å²) in [4.78, 5) is 12.1. The molecular weight excluding hydrogens is 304 g/mol. The third-order valence-electron chi connectivity index (χ3n) is 4.71. The van der Waals surface area contributed by atoms with Crippen LogP contribution in [-0.2, 0) is 4.79 Å². The smallest absolute Gasteiger partial charge is 0.146 e. The number of hydrogen-bond donors (Lipinski definition) is 0. The molecule has 19 heavy (non-hydrogen) atoms. The monoisotopic (exact) mass is 322 g/mol. The second-order valence-electron chi connectivity index (χ2n) is 5.86. The van der Waals surface area contributed by atoms with E-state index in [0.29, 0.717) is 12.2 Å². The molecule has 3 heteroatoms. The molecule has 0 aliphatic heterocycles. The molecule has 2 aliphatic rings. The molecule has 0 N–H and O–H groups in total. The number of ketones is 1. The van der Waals surface area contributed by atoms with Gasteiger partial charge < -0.3 is 4.74 Å². The minimum atomic E-state index is -0.160. The van der Waals surface area contributed by atoms with Gasteiger partial charge >= 0.3 is 0 Å². The maximum absolute atomic E-state index is 12.1. The summed E-state index contributed by atoms with van der Waals surface area (Å²) in [6, 6.07) is 6.08. The van der Waals surface area contributed by atoms with Crippen LogP contribution < -0.4 is 4.74 Å². The van der Waals surface area contributed by atoms with Gasteiger partial charge in [0.2, 0.25) is 0 Å². The van der Waals surface area contributed by atoms with Gasteiger partial charge in [0.15, 0.2) is 0 Å². The van der Waals surface area contributed by atoms with Crippen molar-refractivity contribution in [3.63, 3.8) is 0 Å². The third-order valence-corrected chi connectivity index (χ3v) is 5.20. The van der Waals surface area contributed by atoms with Crippen molar-refractivity contribution in [2.75, 3.05) is 0 Å². The van der Waals surface area contributed by atoms with E-state index in [9.17, 15) is 4.79 Å². The van der Waals surface area contributed by atoms with E-state index in [1.165, 1.54) is 19.3 Å². The van der Waals surface area contributed by atoms with E-state index in [1.807, 2.05) is 18.2 Å². The van der Waals surface area contributed by atoms with Crippen molar-refractivity contribution in [2.45, 2.75) is 51.6 Å². The lowest BCUT2D eigenvalue weighted by molar-refractivity contribution is -0.156. The van der Waals surface area contributed by atoms with E-state index in [1.54, 1.807) is 0 Å². The zero-order valence-corrected chi connectivity index (χ0v) is 12.8. The number of halogens is 1. The number of Topliss-reactive ketones (excluding diaryl/α,β-unsaturated/α-hetero) is 1. The number of ether oxygens (including phenoxy) is 1. The van der Waals surface area contributed by atoms with Gasteiger partial charge in [-0.15, -0.1) is 0 Å². The molecule has 2 aliphatic carbocycles. The molecule has 1 spiro atoms. The predicted octanol–water partition coefficient (Wildman–Crippen LogP) is 4.43. The number of rotatable bonds is 2. The summed E-state index contributed by atoms with van der Waals surface area (Å²) in [6.45, 7) is 2.05. The van der Waals surface area contributed by atoms with Gasteiger partial charge in [-0.25, -0.2) is 0 Å². The summed E-state index contributed by atoms with van der Waals surface area (Å²) >= 11 is 3.48. The van der Waals surface area contributed by atoms with Crippen molar-refractivity contribution in [3.8, 4) is 5.75 Å². The Labute approximate surface area is 122 Å². The van der Waals surface area contributed by atoms with Crippen molar-refractivity contribution < 1.29 is 9.53 Å². The molecule has 1 atom stereocenters. The van der Waals surface area contributed by atoms with Gasteiger partial charge in [0.25, 0.3) is 0 Å². The van der Waals surface area contributed by atoms with Crippen LogP contribution in [0.15, 0.2) is 22.7 Å². The van der Waals surface area contributed by atoms with E-state index in [4.69, 9.17) is 4.74 Å². The summed E-state index contributed by atoms with van der Waals surface area (Å²) < 4.78 is 7.20. The number of carbonyl (C=O) groups is 1. The summed E-state index contributed by atoms with van der Waals surface area (Å²) in [6.07, 6.45) is 6.32. The molecule has 2 saturated carbocycles. The highest BCUT2D eigenvalue weighted by atomic mass is 79.9. The van der Waals surface area contributed by atoms with E-state index < -0.39 is 0 Å². The van der Waals surface area contributed by atoms with Crippen molar-refractivity contribution in [3.05, 3.63) is 28.2 Å². The molecule has 0 saturated heterocycles. The minimum Gasteiger partial charge on any atom is -0.489 e. The van der Waals surface area contributed by atoms with E-state index in [-0.39, 0.29) is 11.5 Å². The Balaban J connectivity index is 1.80. The molecule has 1 aromatic rings. The van der Waals surface area contributed by atoms with E-state index >= 15 is 0 Å². The predicted molar refractivity (Wildman–Crippen MR) is 78.4 cm³/mol. The molecule has 102 valence electrons. The number of benzene rings is 1. The van der Waals surface area contributed by atoms with Crippen molar-refractivity contribution in [1.29, 1.82) is 0 Å². The zero-order valence-electron chi connectivity index (χ0n) is 11.2. The average Bonchev–Trinajstić information content (AvgIpc) is 2.43. The molecule has 0 radical (unpaired) electrons. The van der Waals surface area contributed by atoms with Crippen LogP contribution >= 0.6 is 15.9 Å². The topological polar surface area (TPSA) is 26.3 Å². The Bertz CT molecular complexity index is 503. The quantitative estimate of drug-likeness (QED) is 0.805. The lowest BCUT2D eigenvalue weighted by atomic mass is 9.57. The average molecular weight is 323 g/mol. The third kappa shape index (κ3) is 2.22. The summed E-state index contributed by atoms with van der Waals surface area (Å²) in [7, 11) is 0. The van der Waals surface area contributed by atoms with Crippen molar-refractivity contribution >= 4 is 21.7 Å². The molecule has 2 nitrogen and oxygen atoms in total. The summed E-state index contributed by atoms with van der Waals surface area (Å²) in [5.41, 5.74) is 0.973.